The van der Waals surface area contributed by atoms with Crippen LogP contribution >= 0.6 is 23.6 Å². The summed E-state index contributed by atoms with van der Waals surface area (Å²) in [6, 6.07) is 0.102. The Kier molecular flexibility index (Phi) is 2.90. The summed E-state index contributed by atoms with van der Waals surface area (Å²) < 4.78 is 2.24. The lowest BCUT2D eigenvalue weighted by molar-refractivity contribution is 0.565. The number of aryl methyl sites for hydroxylation is 2. The first-order chi connectivity index (χ1) is 8.59. The fourth-order valence-corrected chi connectivity index (χ4v) is 4.46. The average molecular weight is 280 g/mol. The van der Waals surface area contributed by atoms with E-state index in [0.29, 0.717) is 4.77 Å². The Morgan fingerprint density at radius 1 is 1.33 bits per heavy atom. The van der Waals surface area contributed by atoms with Gasteiger partial charge >= 0.3 is 0 Å². The molecule has 0 saturated carbocycles. The third-order valence-corrected chi connectivity index (χ3v) is 5.07. The smallest absolute Gasteiger partial charge is 0.263 e. The normalized spacial score (nSPS) is 15.3. The average Bonchev–Trinajstić information content (AvgIpc) is 2.66. The van der Waals surface area contributed by atoms with Gasteiger partial charge in [-0.15, -0.1) is 11.3 Å². The first-order valence-corrected chi connectivity index (χ1v) is 7.61. The number of nitrogens with one attached hydrogen (secondary N) is 1. The summed E-state index contributed by atoms with van der Waals surface area (Å²) in [5.74, 6) is 0. The van der Waals surface area contributed by atoms with Crippen LogP contribution in [0.3, 0.4) is 0 Å². The van der Waals surface area contributed by atoms with Gasteiger partial charge in [0.15, 0.2) is 4.77 Å². The number of aromatic nitrogens is 2. The minimum atomic E-state index is 0.0862. The Morgan fingerprint density at radius 3 is 2.78 bits per heavy atom. The summed E-state index contributed by atoms with van der Waals surface area (Å²) in [6.45, 7) is 3.99. The van der Waals surface area contributed by atoms with Crippen molar-refractivity contribution in [2.24, 2.45) is 0 Å². The van der Waals surface area contributed by atoms with E-state index < -0.39 is 0 Å². The number of nitrogens with zero attached hydrogens (tertiary/aromatic N) is 1. The van der Waals surface area contributed by atoms with E-state index in [1.54, 1.807) is 15.9 Å². The summed E-state index contributed by atoms with van der Waals surface area (Å²) >= 11 is 7.01. The minimum Gasteiger partial charge on any atom is -0.323 e. The van der Waals surface area contributed by atoms with E-state index in [1.807, 2.05) is 13.8 Å². The Morgan fingerprint density at radius 2 is 2.06 bits per heavy atom. The lowest BCUT2D eigenvalue weighted by Crippen LogP contribution is -2.24. The molecule has 3 rings (SSSR count). The topological polar surface area (TPSA) is 37.8 Å². The number of aromatic amines is 1. The van der Waals surface area contributed by atoms with Crippen molar-refractivity contribution in [2.45, 2.75) is 45.6 Å². The highest BCUT2D eigenvalue weighted by Gasteiger charge is 2.20. The summed E-state index contributed by atoms with van der Waals surface area (Å²) in [5.41, 5.74) is 1.36. The van der Waals surface area contributed by atoms with Gasteiger partial charge in [-0.05, 0) is 57.3 Å². The van der Waals surface area contributed by atoms with E-state index in [1.165, 1.54) is 23.3 Å². The second-order valence-corrected chi connectivity index (χ2v) is 6.61. The highest BCUT2D eigenvalue weighted by atomic mass is 32.1. The lowest BCUT2D eigenvalue weighted by Gasteiger charge is -2.12. The molecule has 0 atom stereocenters. The molecule has 0 aromatic carbocycles. The van der Waals surface area contributed by atoms with Crippen LogP contribution in [0.2, 0.25) is 0 Å². The van der Waals surface area contributed by atoms with E-state index in [4.69, 9.17) is 12.2 Å². The largest absolute Gasteiger partial charge is 0.323 e. The maximum atomic E-state index is 12.6. The van der Waals surface area contributed by atoms with E-state index in [9.17, 15) is 4.79 Å². The summed E-state index contributed by atoms with van der Waals surface area (Å²) in [4.78, 5) is 18.2. The van der Waals surface area contributed by atoms with Gasteiger partial charge in [-0.1, -0.05) is 0 Å². The molecule has 0 amide bonds. The number of fused-ring (bicyclic) bond motifs is 3. The van der Waals surface area contributed by atoms with Gasteiger partial charge < -0.3 is 4.98 Å². The van der Waals surface area contributed by atoms with Crippen molar-refractivity contribution in [2.75, 3.05) is 0 Å². The fourth-order valence-electron chi connectivity index (χ4n) is 2.72. The molecule has 0 spiro atoms. The number of H-pyrrole nitrogens is 1. The molecule has 96 valence electrons. The van der Waals surface area contributed by atoms with Crippen LogP contribution in [0.5, 0.6) is 0 Å². The van der Waals surface area contributed by atoms with Gasteiger partial charge in [0.25, 0.3) is 5.56 Å². The van der Waals surface area contributed by atoms with Crippen LogP contribution in [0, 0.1) is 4.77 Å². The molecule has 0 bridgehead atoms. The molecule has 2 heterocycles. The number of thiophene rings is 1. The molecule has 0 saturated heterocycles. The summed E-state index contributed by atoms with van der Waals surface area (Å²) in [7, 11) is 0. The van der Waals surface area contributed by atoms with Crippen molar-refractivity contribution in [1.29, 1.82) is 0 Å². The molecule has 1 aliphatic carbocycles. The van der Waals surface area contributed by atoms with Crippen LogP contribution in [-0.4, -0.2) is 9.55 Å². The van der Waals surface area contributed by atoms with Crippen molar-refractivity contribution in [1.82, 2.24) is 9.55 Å². The fraction of sp³-hybridized carbons (Fsp3) is 0.538. The SMILES string of the molecule is CC(C)n1c(=S)[nH]c2sc3c(c2c1=O)CCCC3. The van der Waals surface area contributed by atoms with Gasteiger partial charge in [-0.2, -0.15) is 0 Å². The van der Waals surface area contributed by atoms with Crippen LogP contribution in [0.25, 0.3) is 10.2 Å². The Hall–Kier alpha value is -0.940. The molecule has 3 nitrogen and oxygen atoms in total. The van der Waals surface area contributed by atoms with Gasteiger partial charge in [0.05, 0.1) is 5.39 Å². The van der Waals surface area contributed by atoms with Crippen molar-refractivity contribution < 1.29 is 0 Å². The minimum absolute atomic E-state index is 0.0862. The molecule has 0 aliphatic heterocycles. The zero-order valence-electron chi connectivity index (χ0n) is 10.6. The lowest BCUT2D eigenvalue weighted by atomic mass is 9.97. The van der Waals surface area contributed by atoms with Gasteiger partial charge in [-0.3, -0.25) is 9.36 Å². The molecule has 1 N–H and O–H groups in total. The van der Waals surface area contributed by atoms with E-state index in [-0.39, 0.29) is 11.6 Å². The van der Waals surface area contributed by atoms with Gasteiger partial charge in [0.2, 0.25) is 0 Å². The monoisotopic (exact) mass is 280 g/mol. The molecular formula is C13H16N2OS2. The molecule has 0 unspecified atom stereocenters. The second-order valence-electron chi connectivity index (χ2n) is 5.11. The zero-order valence-corrected chi connectivity index (χ0v) is 12.2. The Labute approximate surface area is 114 Å². The molecule has 0 fully saturated rings. The molecule has 1 aliphatic rings. The molecule has 18 heavy (non-hydrogen) atoms. The zero-order chi connectivity index (χ0) is 12.9. The Bertz CT molecular complexity index is 721. The van der Waals surface area contributed by atoms with Crippen molar-refractivity contribution >= 4 is 33.8 Å². The summed E-state index contributed by atoms with van der Waals surface area (Å²) in [6.07, 6.45) is 4.57. The Balaban J connectivity index is 2.43. The van der Waals surface area contributed by atoms with E-state index >= 15 is 0 Å². The van der Waals surface area contributed by atoms with Crippen molar-refractivity contribution in [3.63, 3.8) is 0 Å². The third kappa shape index (κ3) is 1.68. The third-order valence-electron chi connectivity index (χ3n) is 3.56. The highest BCUT2D eigenvalue weighted by molar-refractivity contribution is 7.71. The predicted octanol–water partition coefficient (Wildman–Crippen LogP) is 3.58. The first-order valence-electron chi connectivity index (χ1n) is 6.38. The molecule has 5 heteroatoms. The molecular weight excluding hydrogens is 264 g/mol. The van der Waals surface area contributed by atoms with Crippen molar-refractivity contribution in [3.8, 4) is 0 Å². The van der Waals surface area contributed by atoms with Crippen molar-refractivity contribution in [3.05, 3.63) is 25.6 Å². The maximum absolute atomic E-state index is 12.6. The standard InChI is InChI=1S/C13H16N2OS2/c1-7(2)15-12(16)10-8-5-3-4-6-9(8)18-11(10)14-13(15)17/h7H,3-6H2,1-2H3,(H,14,17). The van der Waals surface area contributed by atoms with Gasteiger partial charge in [-0.25, -0.2) is 0 Å². The summed E-state index contributed by atoms with van der Waals surface area (Å²) in [5, 5.41) is 0.886. The van der Waals surface area contributed by atoms with Crippen LogP contribution in [0.1, 0.15) is 43.2 Å². The predicted molar refractivity (Wildman–Crippen MR) is 78.3 cm³/mol. The highest BCUT2D eigenvalue weighted by Crippen LogP contribution is 2.33. The van der Waals surface area contributed by atoms with E-state index in [2.05, 4.69) is 4.98 Å². The number of rotatable bonds is 1. The first kappa shape index (κ1) is 12.1. The van der Waals surface area contributed by atoms with Crippen LogP contribution < -0.4 is 5.56 Å². The van der Waals surface area contributed by atoms with Crippen LogP contribution in [0.15, 0.2) is 4.79 Å². The maximum Gasteiger partial charge on any atom is 0.263 e. The quantitative estimate of drug-likeness (QED) is 0.811. The van der Waals surface area contributed by atoms with Crippen LogP contribution in [0.4, 0.5) is 0 Å². The molecule has 2 aromatic rings. The number of hydrogen-bond donors (Lipinski definition) is 1. The van der Waals surface area contributed by atoms with Crippen LogP contribution in [-0.2, 0) is 12.8 Å². The molecule has 0 radical (unpaired) electrons. The van der Waals surface area contributed by atoms with E-state index in [0.717, 1.165) is 23.1 Å². The second kappa shape index (κ2) is 4.31. The van der Waals surface area contributed by atoms with Gasteiger partial charge in [0, 0.05) is 10.9 Å². The van der Waals surface area contributed by atoms with Gasteiger partial charge in [0.1, 0.15) is 4.83 Å². The molecule has 2 aromatic heterocycles. The number of hydrogen-bond acceptors (Lipinski definition) is 3.